The van der Waals surface area contributed by atoms with E-state index in [9.17, 15) is 27.6 Å². The molecular weight excluding hydrogens is 516 g/mol. The number of carbonyl (C=O) groups is 3. The summed E-state index contributed by atoms with van der Waals surface area (Å²) < 4.78 is 61.4. The fourth-order valence-electron chi connectivity index (χ4n) is 3.69. The number of aldehydes is 1. The van der Waals surface area contributed by atoms with Crippen LogP contribution in [0.5, 0.6) is 0 Å². The number of fused-ring (bicyclic) bond motifs is 1. The van der Waals surface area contributed by atoms with Gasteiger partial charge in [-0.1, -0.05) is 23.6 Å². The lowest BCUT2D eigenvalue weighted by Crippen LogP contribution is -2.20. The van der Waals surface area contributed by atoms with Gasteiger partial charge in [0.05, 0.1) is 34.3 Å². The van der Waals surface area contributed by atoms with Gasteiger partial charge in [0.25, 0.3) is 5.91 Å². The monoisotopic (exact) mass is 528 g/mol. The van der Waals surface area contributed by atoms with E-state index in [1.807, 2.05) is 0 Å². The maximum atomic E-state index is 15.1. The van der Waals surface area contributed by atoms with Crippen LogP contribution >= 0.6 is 11.6 Å². The van der Waals surface area contributed by atoms with Gasteiger partial charge in [-0.05, 0) is 54.5 Å². The number of hydrogen-bond donors (Lipinski definition) is 0. The highest BCUT2D eigenvalue weighted by Gasteiger charge is 2.37. The summed E-state index contributed by atoms with van der Waals surface area (Å²) in [5, 5.41) is 3.87. The second-order valence-corrected chi connectivity index (χ2v) is 7.94. The molecule has 11 heteroatoms. The van der Waals surface area contributed by atoms with Crippen molar-refractivity contribution in [2.45, 2.75) is 6.18 Å². The lowest BCUT2D eigenvalue weighted by Gasteiger charge is -2.13. The molecule has 186 valence electrons. The first kappa shape index (κ1) is 25.6. The molecule has 0 unspecified atom stereocenters. The van der Waals surface area contributed by atoms with Crippen LogP contribution in [0.3, 0.4) is 0 Å². The first-order chi connectivity index (χ1) is 17.6. The van der Waals surface area contributed by atoms with E-state index < -0.39 is 40.0 Å². The van der Waals surface area contributed by atoms with E-state index >= 15 is 4.39 Å². The molecule has 0 fully saturated rings. The van der Waals surface area contributed by atoms with Crippen molar-refractivity contribution >= 4 is 40.7 Å². The van der Waals surface area contributed by atoms with Crippen LogP contribution in [-0.2, 0) is 15.7 Å². The van der Waals surface area contributed by atoms with E-state index in [4.69, 9.17) is 11.6 Å². The van der Waals surface area contributed by atoms with Crippen LogP contribution < -0.4 is 0 Å². The number of benzene rings is 3. The van der Waals surface area contributed by atoms with E-state index in [1.165, 1.54) is 30.3 Å². The minimum absolute atomic E-state index is 0.0119. The second-order valence-electron chi connectivity index (χ2n) is 7.53. The molecule has 1 aromatic heterocycles. The van der Waals surface area contributed by atoms with Crippen molar-refractivity contribution in [2.75, 3.05) is 7.11 Å². The highest BCUT2D eigenvalue weighted by Crippen LogP contribution is 2.37. The third-order valence-electron chi connectivity index (χ3n) is 5.33. The molecule has 0 atom stereocenters. The largest absolute Gasteiger partial charge is 0.465 e. The number of esters is 1. The number of methoxy groups -OCH3 is 1. The Morgan fingerprint density at radius 1 is 1.11 bits per heavy atom. The molecule has 6 nitrogen and oxygen atoms in total. The molecule has 0 aliphatic carbocycles. The van der Waals surface area contributed by atoms with Crippen LogP contribution in [0.2, 0.25) is 5.02 Å². The third-order valence-corrected chi connectivity index (χ3v) is 5.64. The van der Waals surface area contributed by atoms with Crippen molar-refractivity contribution in [2.24, 2.45) is 0 Å². The molecule has 37 heavy (non-hydrogen) atoms. The summed E-state index contributed by atoms with van der Waals surface area (Å²) >= 11 is 6.01. The van der Waals surface area contributed by atoms with Crippen LogP contribution in [-0.4, -0.2) is 35.1 Å². The summed E-state index contributed by atoms with van der Waals surface area (Å²) in [6.45, 7) is 0. The molecule has 0 spiro atoms. The zero-order chi connectivity index (χ0) is 26.9. The molecule has 0 N–H and O–H groups in total. The first-order valence-electron chi connectivity index (χ1n) is 10.3. The van der Waals surface area contributed by atoms with E-state index in [-0.39, 0.29) is 33.3 Å². The minimum Gasteiger partial charge on any atom is -0.465 e. The topological polar surface area (TPSA) is 78.3 Å². The van der Waals surface area contributed by atoms with Gasteiger partial charge in [-0.15, -0.1) is 0 Å². The Balaban J connectivity index is 2.00. The molecule has 0 aliphatic rings. The number of ether oxygens (including phenoxy) is 1. The molecular formula is C26H13ClF4N2O4. The SMILES string of the molecule is COC(=O)c1ccc(-c2nn(C(=O)c3c(Cl)cccc3C(F)(F)F)c3cc(C#CC=O)ccc23)c(F)c1. The molecule has 3 aromatic carbocycles. The van der Waals surface area contributed by atoms with Crippen LogP contribution in [0.4, 0.5) is 17.6 Å². The summed E-state index contributed by atoms with van der Waals surface area (Å²) in [6.07, 6.45) is -4.56. The summed E-state index contributed by atoms with van der Waals surface area (Å²) in [6, 6.07) is 10.5. The number of carbonyl (C=O) groups excluding carboxylic acids is 3. The van der Waals surface area contributed by atoms with Gasteiger partial charge in [0.2, 0.25) is 0 Å². The Bertz CT molecular complexity index is 1650. The van der Waals surface area contributed by atoms with Gasteiger partial charge in [0, 0.05) is 16.5 Å². The molecule has 0 saturated carbocycles. The maximum Gasteiger partial charge on any atom is 0.417 e. The average molecular weight is 529 g/mol. The van der Waals surface area contributed by atoms with Crippen LogP contribution in [0.1, 0.15) is 31.8 Å². The lowest BCUT2D eigenvalue weighted by molar-refractivity contribution is -0.137. The average Bonchev–Trinajstić information content (AvgIpc) is 3.24. The molecule has 0 radical (unpaired) electrons. The highest BCUT2D eigenvalue weighted by molar-refractivity contribution is 6.34. The Labute approximate surface area is 211 Å². The number of nitrogens with zero attached hydrogens (tertiary/aromatic N) is 2. The van der Waals surface area contributed by atoms with Gasteiger partial charge in [-0.25, -0.2) is 9.18 Å². The summed E-state index contributed by atoms with van der Waals surface area (Å²) in [5.74, 6) is 1.83. The molecule has 1 heterocycles. The number of halogens is 5. The molecule has 0 amide bonds. The predicted octanol–water partition coefficient (Wildman–Crippen LogP) is 5.54. The Morgan fingerprint density at radius 3 is 2.51 bits per heavy atom. The lowest BCUT2D eigenvalue weighted by atomic mass is 10.0. The number of alkyl halides is 3. The minimum atomic E-state index is -4.90. The fraction of sp³-hybridized carbons (Fsp3) is 0.0769. The zero-order valence-corrected chi connectivity index (χ0v) is 19.4. The van der Waals surface area contributed by atoms with E-state index in [0.717, 1.165) is 25.3 Å². The quantitative estimate of drug-likeness (QED) is 0.151. The van der Waals surface area contributed by atoms with Crippen molar-refractivity contribution in [3.8, 4) is 23.1 Å². The number of aromatic nitrogens is 2. The summed E-state index contributed by atoms with van der Waals surface area (Å²) in [7, 11) is 1.13. The molecule has 4 rings (SSSR count). The third kappa shape index (κ3) is 4.81. The molecule has 0 saturated heterocycles. The van der Waals surface area contributed by atoms with Gasteiger partial charge in [-0.2, -0.15) is 23.0 Å². The fourth-order valence-corrected chi connectivity index (χ4v) is 3.95. The van der Waals surface area contributed by atoms with Crippen LogP contribution in [0.15, 0.2) is 54.6 Å². The second kappa shape index (κ2) is 9.87. The molecule has 0 aliphatic heterocycles. The van der Waals surface area contributed by atoms with Crippen molar-refractivity contribution in [3.63, 3.8) is 0 Å². The van der Waals surface area contributed by atoms with E-state index in [0.29, 0.717) is 17.0 Å². The van der Waals surface area contributed by atoms with Crippen LogP contribution in [0.25, 0.3) is 22.2 Å². The summed E-state index contributed by atoms with van der Waals surface area (Å²) in [4.78, 5) is 35.9. The Morgan fingerprint density at radius 2 is 1.86 bits per heavy atom. The Kier molecular flexibility index (Phi) is 6.83. The first-order valence-corrected chi connectivity index (χ1v) is 10.7. The van der Waals surface area contributed by atoms with Gasteiger partial charge in [0.1, 0.15) is 11.5 Å². The van der Waals surface area contributed by atoms with Gasteiger partial charge < -0.3 is 4.74 Å². The number of rotatable bonds is 3. The van der Waals surface area contributed by atoms with Gasteiger partial charge >= 0.3 is 12.1 Å². The van der Waals surface area contributed by atoms with Crippen LogP contribution in [0, 0.1) is 17.7 Å². The van der Waals surface area contributed by atoms with Crippen molar-refractivity contribution in [3.05, 3.63) is 87.7 Å². The van der Waals surface area contributed by atoms with E-state index in [1.54, 1.807) is 0 Å². The smallest absolute Gasteiger partial charge is 0.417 e. The number of hydrogen-bond acceptors (Lipinski definition) is 5. The molecule has 4 aromatic rings. The standard InChI is InChI=1S/C26H13ClF4N2O4/c1-37-25(36)15-8-10-16(20(28)13-15)23-17-9-7-14(4-3-11-34)12-21(17)33(32-23)24(35)22-18(26(29,30)31)5-2-6-19(22)27/h2,5-13H,1H3. The van der Waals surface area contributed by atoms with Crippen molar-refractivity contribution in [1.29, 1.82) is 0 Å². The normalized spacial score (nSPS) is 11.1. The zero-order valence-electron chi connectivity index (χ0n) is 18.7. The highest BCUT2D eigenvalue weighted by atomic mass is 35.5. The van der Waals surface area contributed by atoms with E-state index in [2.05, 4.69) is 21.7 Å². The predicted molar refractivity (Wildman–Crippen MR) is 126 cm³/mol. The molecule has 0 bridgehead atoms. The van der Waals surface area contributed by atoms with Gasteiger partial charge in [0.15, 0.2) is 6.29 Å². The summed E-state index contributed by atoms with van der Waals surface area (Å²) in [5.41, 5.74) is -2.20. The van der Waals surface area contributed by atoms with Crippen molar-refractivity contribution in [1.82, 2.24) is 9.78 Å². The Hall–Kier alpha value is -4.49. The maximum absolute atomic E-state index is 15.1. The van der Waals surface area contributed by atoms with Crippen molar-refractivity contribution < 1.29 is 36.7 Å². The van der Waals surface area contributed by atoms with Gasteiger partial charge in [-0.3, -0.25) is 9.59 Å².